The predicted molar refractivity (Wildman–Crippen MR) is 160 cm³/mol. The molecule has 4 aromatic carbocycles. The summed E-state index contributed by atoms with van der Waals surface area (Å²) in [6, 6.07) is 0. The molecule has 0 spiro atoms. The van der Waals surface area contributed by atoms with Crippen molar-refractivity contribution < 1.29 is 87.8 Å². The Morgan fingerprint density at radius 3 is 0.436 bits per heavy atom. The van der Waals surface area contributed by atoms with Gasteiger partial charge in [0.25, 0.3) is 0 Å². The van der Waals surface area contributed by atoms with Crippen LogP contribution in [0.15, 0.2) is 0 Å². The summed E-state index contributed by atoms with van der Waals surface area (Å²) < 4.78 is 294. The number of benzene rings is 4. The Hall–Kier alpha value is -4.24. The van der Waals surface area contributed by atoms with Crippen molar-refractivity contribution >= 4 is 36.8 Å². The highest BCUT2D eigenvalue weighted by Crippen LogP contribution is 2.31. The molecule has 55 heavy (non-hydrogen) atoms. The lowest BCUT2D eigenvalue weighted by Gasteiger charge is -2.44. The van der Waals surface area contributed by atoms with Gasteiger partial charge >= 0.3 is 8.80 Å². The van der Waals surface area contributed by atoms with Gasteiger partial charge in [0.05, 0.1) is 16.6 Å². The van der Waals surface area contributed by atoms with E-state index in [4.69, 9.17) is 0 Å². The standard InChI is InChI=1S/C24BF20.C9H21Si/c26-5-1(6(27)14(35)21(42)13(5)34)25(2-7(28)15(36)22(43)16(37)8(2)29,3-9(30)17(38)23(44)18(39)10(3)31)4-11(32)19(40)24(45)20(41)12(4)33;1-7(2)10(8(3)4)9(5)6/h;7-9H,1-6H3/q-1;+1. The summed E-state index contributed by atoms with van der Waals surface area (Å²) in [6.45, 7) is 14.2. The van der Waals surface area contributed by atoms with E-state index in [9.17, 15) is 52.7 Å². The summed E-state index contributed by atoms with van der Waals surface area (Å²) in [7, 11) is -0.0957. The average molecular weight is 836 g/mol. The van der Waals surface area contributed by atoms with E-state index in [1.807, 2.05) is 0 Å². The van der Waals surface area contributed by atoms with E-state index in [0.29, 0.717) is 0 Å². The maximum absolute atomic E-state index is 15.4. The molecule has 0 aliphatic heterocycles. The summed E-state index contributed by atoms with van der Waals surface area (Å²) >= 11 is 0. The van der Waals surface area contributed by atoms with Gasteiger partial charge in [-0.3, -0.25) is 0 Å². The maximum atomic E-state index is 15.4. The second-order valence-corrected chi connectivity index (χ2v) is 17.2. The lowest BCUT2D eigenvalue weighted by atomic mass is 9.12. The van der Waals surface area contributed by atoms with Crippen LogP contribution in [0.4, 0.5) is 87.8 Å². The second kappa shape index (κ2) is 16.1. The molecule has 4 aromatic rings. The normalized spacial score (nSPS) is 11.9. The Balaban J connectivity index is 0.000000712. The van der Waals surface area contributed by atoms with E-state index in [-0.39, 0.29) is 8.80 Å². The monoisotopic (exact) mass is 836 g/mol. The molecule has 0 aromatic heterocycles. The molecule has 0 N–H and O–H groups in total. The van der Waals surface area contributed by atoms with E-state index in [1.165, 1.54) is 0 Å². The van der Waals surface area contributed by atoms with E-state index < -0.39 is 144 Å². The van der Waals surface area contributed by atoms with Crippen LogP contribution in [0, 0.1) is 116 Å². The third-order valence-electron chi connectivity index (χ3n) is 8.71. The van der Waals surface area contributed by atoms with E-state index in [1.54, 1.807) is 0 Å². The highest BCUT2D eigenvalue weighted by atomic mass is 28.3. The van der Waals surface area contributed by atoms with Crippen LogP contribution in [0.1, 0.15) is 41.5 Å². The first-order valence-electron chi connectivity index (χ1n) is 15.3. The molecule has 4 rings (SSSR count). The molecule has 22 heteroatoms. The largest absolute Gasteiger partial charge is 0.322 e. The van der Waals surface area contributed by atoms with Crippen molar-refractivity contribution in [3.8, 4) is 0 Å². The first kappa shape index (κ1) is 45.2. The van der Waals surface area contributed by atoms with Crippen LogP contribution in [0.2, 0.25) is 16.6 Å². The average Bonchev–Trinajstić information content (AvgIpc) is 3.11. The number of hydrogen-bond acceptors (Lipinski definition) is 0. The fourth-order valence-electron chi connectivity index (χ4n) is 6.87. The SMILES string of the molecule is CC(C)[Si+](C(C)C)C(C)C.Fc1c(F)c(F)c([B-](c2c(F)c(F)c(F)c(F)c2F)(c2c(F)c(F)c(F)c(F)c2F)c2c(F)c(F)c(F)c(F)c2F)c(F)c1F. The Morgan fingerprint density at radius 2 is 0.345 bits per heavy atom. The highest BCUT2D eigenvalue weighted by molar-refractivity contribution is 7.20. The number of halogens is 20. The third kappa shape index (κ3) is 6.95. The topological polar surface area (TPSA) is 0 Å². The van der Waals surface area contributed by atoms with Gasteiger partial charge in [0.2, 0.25) is 0 Å². The van der Waals surface area contributed by atoms with Gasteiger partial charge in [-0.1, -0.05) is 0 Å². The van der Waals surface area contributed by atoms with Gasteiger partial charge in [0, 0.05) is 0 Å². The second-order valence-electron chi connectivity index (χ2n) is 12.8. The molecule has 300 valence electrons. The molecule has 0 unspecified atom stereocenters. The van der Waals surface area contributed by atoms with Gasteiger partial charge in [-0.2, -0.15) is 0 Å². The zero-order valence-electron chi connectivity index (χ0n) is 28.4. The highest BCUT2D eigenvalue weighted by Gasteiger charge is 2.52. The van der Waals surface area contributed by atoms with Gasteiger partial charge in [-0.25, -0.2) is 87.8 Å². The van der Waals surface area contributed by atoms with Crippen molar-refractivity contribution in [2.45, 2.75) is 58.2 Å². The summed E-state index contributed by atoms with van der Waals surface area (Å²) in [4.78, 5) is 0. The van der Waals surface area contributed by atoms with E-state index in [0.717, 1.165) is 16.6 Å². The molecule has 0 radical (unpaired) electrons. The molecule has 0 saturated heterocycles. The van der Waals surface area contributed by atoms with Crippen molar-refractivity contribution in [1.29, 1.82) is 0 Å². The Bertz CT molecular complexity index is 1770. The zero-order valence-corrected chi connectivity index (χ0v) is 29.4. The molecule has 0 atom stereocenters. The molecule has 0 nitrogen and oxygen atoms in total. The summed E-state index contributed by atoms with van der Waals surface area (Å²) in [5.41, 5.74) is -11.5. The van der Waals surface area contributed by atoms with Crippen molar-refractivity contribution in [3.05, 3.63) is 116 Å². The van der Waals surface area contributed by atoms with Crippen molar-refractivity contribution in [3.63, 3.8) is 0 Å². The Morgan fingerprint density at radius 1 is 0.236 bits per heavy atom. The van der Waals surface area contributed by atoms with Crippen molar-refractivity contribution in [2.75, 3.05) is 0 Å². The van der Waals surface area contributed by atoms with Crippen molar-refractivity contribution in [1.82, 2.24) is 0 Å². The summed E-state index contributed by atoms with van der Waals surface area (Å²) in [5.74, 6) is -71.4. The van der Waals surface area contributed by atoms with Crippen LogP contribution < -0.4 is 21.9 Å². The fraction of sp³-hybridized carbons (Fsp3) is 0.273. The molecular weight excluding hydrogens is 815 g/mol. The van der Waals surface area contributed by atoms with Crippen LogP contribution in [-0.4, -0.2) is 14.9 Å². The molecule has 0 aliphatic carbocycles. The zero-order chi connectivity index (χ0) is 42.7. The molecule has 0 saturated carbocycles. The Labute approximate surface area is 299 Å². The lowest BCUT2D eigenvalue weighted by Crippen LogP contribution is -2.81. The summed E-state index contributed by atoms with van der Waals surface area (Å²) in [6.07, 6.45) is -7.22. The van der Waals surface area contributed by atoms with E-state index in [2.05, 4.69) is 41.5 Å². The summed E-state index contributed by atoms with van der Waals surface area (Å²) in [5, 5.41) is 0. The molecular formula is C33H21BF20Si. The van der Waals surface area contributed by atoms with E-state index >= 15 is 35.1 Å². The van der Waals surface area contributed by atoms with Crippen LogP contribution in [-0.2, 0) is 0 Å². The smallest absolute Gasteiger partial charge is 0.207 e. The first-order valence-corrected chi connectivity index (χ1v) is 17.0. The minimum atomic E-state index is -7.22. The van der Waals surface area contributed by atoms with Gasteiger partial charge < -0.3 is 0 Å². The quantitative estimate of drug-likeness (QED) is 0.0754. The minimum absolute atomic E-state index is 0.0957. The molecule has 0 amide bonds. The predicted octanol–water partition coefficient (Wildman–Crippen LogP) is 9.56. The third-order valence-corrected chi connectivity index (χ3v) is 12.7. The van der Waals surface area contributed by atoms with Gasteiger partial charge in [-0.05, 0) is 41.5 Å². The maximum Gasteiger partial charge on any atom is 0.322 e. The van der Waals surface area contributed by atoms with Gasteiger partial charge in [0.1, 0.15) is 52.7 Å². The van der Waals surface area contributed by atoms with Gasteiger partial charge in [-0.15, -0.1) is 21.9 Å². The van der Waals surface area contributed by atoms with Gasteiger partial charge in [0.15, 0.2) is 69.8 Å². The Kier molecular flexibility index (Phi) is 13.2. The lowest BCUT2D eigenvalue weighted by molar-refractivity contribution is 0.378. The van der Waals surface area contributed by atoms with Crippen LogP contribution in [0.25, 0.3) is 0 Å². The number of hydrogen-bond donors (Lipinski definition) is 0. The van der Waals surface area contributed by atoms with Crippen LogP contribution in [0.5, 0.6) is 0 Å². The first-order chi connectivity index (χ1) is 25.2. The molecule has 0 fully saturated rings. The minimum Gasteiger partial charge on any atom is -0.207 e. The number of rotatable bonds is 7. The molecule has 0 aliphatic rings. The molecule has 0 bridgehead atoms. The van der Waals surface area contributed by atoms with Crippen LogP contribution >= 0.6 is 0 Å². The van der Waals surface area contributed by atoms with Crippen LogP contribution in [0.3, 0.4) is 0 Å². The molecule has 0 heterocycles. The fourth-order valence-corrected chi connectivity index (χ4v) is 10.9. The van der Waals surface area contributed by atoms with Crippen molar-refractivity contribution in [2.24, 2.45) is 0 Å².